The molecule has 0 aliphatic carbocycles. The standard InChI is InChI=1S/C13H17BrClNO2S/c14-8-7-11-2-1-9-16(10-11)19(17,18)13-5-3-12(15)4-6-13/h3-6,11H,1-2,7-10H2. The van der Waals surface area contributed by atoms with Crippen molar-refractivity contribution in [2.24, 2.45) is 5.92 Å². The highest BCUT2D eigenvalue weighted by Crippen LogP contribution is 2.26. The van der Waals surface area contributed by atoms with E-state index in [9.17, 15) is 8.42 Å². The summed E-state index contributed by atoms with van der Waals surface area (Å²) >= 11 is 9.22. The van der Waals surface area contributed by atoms with Gasteiger partial charge in [0, 0.05) is 23.4 Å². The van der Waals surface area contributed by atoms with Crippen LogP contribution in [0.5, 0.6) is 0 Å². The van der Waals surface area contributed by atoms with Crippen molar-refractivity contribution in [1.29, 1.82) is 0 Å². The van der Waals surface area contributed by atoms with Gasteiger partial charge in [0.25, 0.3) is 0 Å². The average Bonchev–Trinajstić information content (AvgIpc) is 2.40. The molecule has 19 heavy (non-hydrogen) atoms. The highest BCUT2D eigenvalue weighted by molar-refractivity contribution is 9.09. The Morgan fingerprint density at radius 3 is 2.63 bits per heavy atom. The molecule has 1 aliphatic rings. The van der Waals surface area contributed by atoms with Gasteiger partial charge in [-0.25, -0.2) is 8.42 Å². The topological polar surface area (TPSA) is 37.4 Å². The largest absolute Gasteiger partial charge is 0.243 e. The lowest BCUT2D eigenvalue weighted by Gasteiger charge is -2.31. The van der Waals surface area contributed by atoms with Gasteiger partial charge in [0.1, 0.15) is 0 Å². The quantitative estimate of drug-likeness (QED) is 0.765. The molecule has 6 heteroatoms. The van der Waals surface area contributed by atoms with Gasteiger partial charge in [0.05, 0.1) is 4.90 Å². The third-order valence-corrected chi connectivity index (χ3v) is 6.04. The lowest BCUT2D eigenvalue weighted by Crippen LogP contribution is -2.39. The summed E-state index contributed by atoms with van der Waals surface area (Å²) in [6, 6.07) is 6.39. The number of nitrogens with zero attached hydrogens (tertiary/aromatic N) is 1. The molecule has 0 bridgehead atoms. The number of hydrogen-bond donors (Lipinski definition) is 0. The van der Waals surface area contributed by atoms with E-state index in [0.29, 0.717) is 28.9 Å². The number of benzene rings is 1. The highest BCUT2D eigenvalue weighted by Gasteiger charge is 2.29. The van der Waals surface area contributed by atoms with Crippen LogP contribution in [-0.4, -0.2) is 31.1 Å². The fourth-order valence-corrected chi connectivity index (χ4v) is 4.72. The lowest BCUT2D eigenvalue weighted by atomic mass is 9.97. The van der Waals surface area contributed by atoms with E-state index in [4.69, 9.17) is 11.6 Å². The van der Waals surface area contributed by atoms with Crippen molar-refractivity contribution in [3.8, 4) is 0 Å². The predicted octanol–water partition coefficient (Wildman–Crippen LogP) is 3.53. The first kappa shape index (κ1) is 15.3. The Morgan fingerprint density at radius 2 is 2.00 bits per heavy atom. The molecular weight excluding hydrogens is 350 g/mol. The summed E-state index contributed by atoms with van der Waals surface area (Å²) in [5, 5.41) is 1.47. The van der Waals surface area contributed by atoms with Crippen molar-refractivity contribution in [3.05, 3.63) is 29.3 Å². The molecular formula is C13H17BrClNO2S. The van der Waals surface area contributed by atoms with E-state index in [1.54, 1.807) is 28.6 Å². The Bertz CT molecular complexity index is 516. The second-order valence-electron chi connectivity index (χ2n) is 4.80. The molecule has 1 atom stereocenters. The number of piperidine rings is 1. The maximum atomic E-state index is 12.5. The van der Waals surface area contributed by atoms with Crippen molar-refractivity contribution in [1.82, 2.24) is 4.31 Å². The number of sulfonamides is 1. The van der Waals surface area contributed by atoms with E-state index in [0.717, 1.165) is 24.6 Å². The number of alkyl halides is 1. The molecule has 1 fully saturated rings. The van der Waals surface area contributed by atoms with Crippen LogP contribution in [0.15, 0.2) is 29.2 Å². The predicted molar refractivity (Wildman–Crippen MR) is 81.3 cm³/mol. The Morgan fingerprint density at radius 1 is 1.32 bits per heavy atom. The number of rotatable bonds is 4. The molecule has 1 unspecified atom stereocenters. The van der Waals surface area contributed by atoms with Crippen molar-refractivity contribution < 1.29 is 8.42 Å². The summed E-state index contributed by atoms with van der Waals surface area (Å²) in [6.45, 7) is 1.24. The lowest BCUT2D eigenvalue weighted by molar-refractivity contribution is 0.263. The van der Waals surface area contributed by atoms with E-state index in [1.165, 1.54) is 0 Å². The minimum Gasteiger partial charge on any atom is -0.207 e. The second kappa shape index (κ2) is 6.57. The third kappa shape index (κ3) is 3.72. The van der Waals surface area contributed by atoms with Crippen LogP contribution in [0.2, 0.25) is 5.02 Å². The third-order valence-electron chi connectivity index (χ3n) is 3.45. The van der Waals surface area contributed by atoms with Crippen LogP contribution in [0.4, 0.5) is 0 Å². The summed E-state index contributed by atoms with van der Waals surface area (Å²) < 4.78 is 26.6. The van der Waals surface area contributed by atoms with E-state index < -0.39 is 10.0 Å². The Kier molecular flexibility index (Phi) is 5.29. The molecule has 1 aromatic rings. The summed E-state index contributed by atoms with van der Waals surface area (Å²) in [7, 11) is -3.37. The molecule has 1 aliphatic heterocycles. The smallest absolute Gasteiger partial charge is 0.207 e. The number of halogens is 2. The Hall–Kier alpha value is -0.100. The van der Waals surface area contributed by atoms with Gasteiger partial charge in [-0.05, 0) is 49.4 Å². The van der Waals surface area contributed by atoms with Gasteiger partial charge in [-0.1, -0.05) is 27.5 Å². The van der Waals surface area contributed by atoms with Crippen LogP contribution in [0.1, 0.15) is 19.3 Å². The molecule has 3 nitrogen and oxygen atoms in total. The van der Waals surface area contributed by atoms with E-state index >= 15 is 0 Å². The van der Waals surface area contributed by atoms with Crippen LogP contribution in [0, 0.1) is 5.92 Å². The molecule has 0 saturated carbocycles. The Balaban J connectivity index is 2.17. The van der Waals surface area contributed by atoms with Gasteiger partial charge in [-0.3, -0.25) is 0 Å². The fraction of sp³-hybridized carbons (Fsp3) is 0.538. The average molecular weight is 367 g/mol. The molecule has 1 heterocycles. The molecule has 0 spiro atoms. The van der Waals surface area contributed by atoms with Crippen molar-refractivity contribution in [2.75, 3.05) is 18.4 Å². The molecule has 2 rings (SSSR count). The van der Waals surface area contributed by atoms with Gasteiger partial charge < -0.3 is 0 Å². The minimum atomic E-state index is -3.37. The fourth-order valence-electron chi connectivity index (χ4n) is 2.39. The molecule has 0 amide bonds. The zero-order valence-electron chi connectivity index (χ0n) is 10.6. The minimum absolute atomic E-state index is 0.330. The van der Waals surface area contributed by atoms with Crippen LogP contribution >= 0.6 is 27.5 Å². The SMILES string of the molecule is O=S(=O)(c1ccc(Cl)cc1)N1CCCC(CCBr)C1. The molecule has 0 aromatic heterocycles. The van der Waals surface area contributed by atoms with Gasteiger partial charge >= 0.3 is 0 Å². The van der Waals surface area contributed by atoms with E-state index in [1.807, 2.05) is 0 Å². The van der Waals surface area contributed by atoms with Crippen molar-refractivity contribution in [3.63, 3.8) is 0 Å². The molecule has 0 radical (unpaired) electrons. The van der Waals surface area contributed by atoms with Gasteiger partial charge in [0.2, 0.25) is 10.0 Å². The van der Waals surface area contributed by atoms with Crippen molar-refractivity contribution >= 4 is 37.6 Å². The maximum Gasteiger partial charge on any atom is 0.243 e. The van der Waals surface area contributed by atoms with Crippen molar-refractivity contribution in [2.45, 2.75) is 24.2 Å². The van der Waals surface area contributed by atoms with Crippen LogP contribution in [0.3, 0.4) is 0 Å². The first-order valence-electron chi connectivity index (χ1n) is 6.35. The van der Waals surface area contributed by atoms with Crippen LogP contribution in [0.25, 0.3) is 0 Å². The maximum absolute atomic E-state index is 12.5. The molecule has 106 valence electrons. The van der Waals surface area contributed by atoms with Crippen LogP contribution < -0.4 is 0 Å². The van der Waals surface area contributed by atoms with Gasteiger partial charge in [0.15, 0.2) is 0 Å². The Labute approximate surface area is 128 Å². The summed E-state index contributed by atoms with van der Waals surface area (Å²) in [6.07, 6.45) is 3.06. The summed E-state index contributed by atoms with van der Waals surface area (Å²) in [5.74, 6) is 0.454. The molecule has 1 saturated heterocycles. The van der Waals surface area contributed by atoms with E-state index in [2.05, 4.69) is 15.9 Å². The monoisotopic (exact) mass is 365 g/mol. The molecule has 0 N–H and O–H groups in total. The highest BCUT2D eigenvalue weighted by atomic mass is 79.9. The van der Waals surface area contributed by atoms with Crippen LogP contribution in [-0.2, 0) is 10.0 Å². The zero-order chi connectivity index (χ0) is 13.9. The first-order chi connectivity index (χ1) is 9.04. The van der Waals surface area contributed by atoms with E-state index in [-0.39, 0.29) is 0 Å². The summed E-state index contributed by atoms with van der Waals surface area (Å²) in [5.41, 5.74) is 0. The molecule has 1 aromatic carbocycles. The second-order valence-corrected chi connectivity index (χ2v) is 7.97. The first-order valence-corrected chi connectivity index (χ1v) is 9.29. The van der Waals surface area contributed by atoms with Gasteiger partial charge in [-0.2, -0.15) is 4.31 Å². The number of hydrogen-bond acceptors (Lipinski definition) is 2. The normalized spacial score (nSPS) is 21.5. The summed E-state index contributed by atoms with van der Waals surface area (Å²) in [4.78, 5) is 0.330. The van der Waals surface area contributed by atoms with Gasteiger partial charge in [-0.15, -0.1) is 0 Å². The zero-order valence-corrected chi connectivity index (χ0v) is 13.7.